The summed E-state index contributed by atoms with van der Waals surface area (Å²) < 4.78 is 7.08. The van der Waals surface area contributed by atoms with Crippen LogP contribution in [0.5, 0.6) is 11.5 Å². The van der Waals surface area contributed by atoms with Crippen LogP contribution in [0, 0.1) is 20.8 Å². The van der Waals surface area contributed by atoms with E-state index in [1.54, 1.807) is 0 Å². The Hall–Kier alpha value is -2.07. The van der Waals surface area contributed by atoms with Crippen LogP contribution in [0.4, 0.5) is 0 Å². The van der Waals surface area contributed by atoms with E-state index in [4.69, 9.17) is 4.74 Å². The number of nitrogens with one attached hydrogen (secondary N) is 1. The van der Waals surface area contributed by atoms with Gasteiger partial charge in [0.1, 0.15) is 11.5 Å². The zero-order valence-corrected chi connectivity index (χ0v) is 15.9. The lowest BCUT2D eigenvalue weighted by atomic mass is 10.0. The van der Waals surface area contributed by atoms with Gasteiger partial charge in [0.15, 0.2) is 5.43 Å². The number of hydrogen-bond donors (Lipinski definition) is 1. The standard InChI is InChI=1S/C20H20BrNO2/c1-5-16-12(3)19(23)18-13(4)20(11(2)10-17(18)22-16)24-15-8-6-14(21)7-9-15/h6-10H,5H2,1-4H3,(H,22,23). The molecule has 124 valence electrons. The van der Waals surface area contributed by atoms with Gasteiger partial charge in [-0.3, -0.25) is 4.79 Å². The van der Waals surface area contributed by atoms with E-state index in [1.165, 1.54) is 0 Å². The Kier molecular flexibility index (Phi) is 4.50. The van der Waals surface area contributed by atoms with Crippen molar-refractivity contribution in [3.05, 3.63) is 67.4 Å². The molecule has 0 bridgehead atoms. The number of pyridine rings is 1. The average molecular weight is 386 g/mol. The molecule has 0 amide bonds. The number of H-pyrrole nitrogens is 1. The van der Waals surface area contributed by atoms with Crippen molar-refractivity contribution in [2.45, 2.75) is 34.1 Å². The molecule has 0 fully saturated rings. The van der Waals surface area contributed by atoms with Gasteiger partial charge in [0.05, 0.1) is 10.9 Å². The van der Waals surface area contributed by atoms with Crippen LogP contribution in [0.1, 0.15) is 29.3 Å². The van der Waals surface area contributed by atoms with Crippen LogP contribution in [0.25, 0.3) is 10.9 Å². The number of aryl methyl sites for hydroxylation is 3. The van der Waals surface area contributed by atoms with Gasteiger partial charge in [-0.15, -0.1) is 0 Å². The van der Waals surface area contributed by atoms with Crippen molar-refractivity contribution in [2.24, 2.45) is 0 Å². The normalized spacial score (nSPS) is 11.0. The first-order valence-corrected chi connectivity index (χ1v) is 8.80. The lowest BCUT2D eigenvalue weighted by molar-refractivity contribution is 0.476. The molecule has 3 aromatic rings. The van der Waals surface area contributed by atoms with Crippen molar-refractivity contribution in [1.29, 1.82) is 0 Å². The molecule has 0 aliphatic carbocycles. The van der Waals surface area contributed by atoms with Gasteiger partial charge >= 0.3 is 0 Å². The molecule has 0 radical (unpaired) electrons. The van der Waals surface area contributed by atoms with Crippen molar-refractivity contribution >= 4 is 26.8 Å². The maximum atomic E-state index is 12.8. The maximum absolute atomic E-state index is 12.8. The summed E-state index contributed by atoms with van der Waals surface area (Å²) in [6, 6.07) is 9.68. The fraction of sp³-hybridized carbons (Fsp3) is 0.250. The van der Waals surface area contributed by atoms with Crippen molar-refractivity contribution in [2.75, 3.05) is 0 Å². The molecular formula is C20H20BrNO2. The summed E-state index contributed by atoms with van der Waals surface area (Å²) in [6.07, 6.45) is 0.812. The molecule has 0 aliphatic rings. The molecule has 0 unspecified atom stereocenters. The topological polar surface area (TPSA) is 42.1 Å². The summed E-state index contributed by atoms with van der Waals surface area (Å²) in [6.45, 7) is 7.88. The zero-order valence-electron chi connectivity index (χ0n) is 14.3. The SMILES string of the molecule is CCc1[nH]c2cc(C)c(Oc3ccc(Br)cc3)c(C)c2c(=O)c1C. The van der Waals surface area contributed by atoms with Crippen LogP contribution >= 0.6 is 15.9 Å². The van der Waals surface area contributed by atoms with Gasteiger partial charge < -0.3 is 9.72 Å². The van der Waals surface area contributed by atoms with E-state index in [2.05, 4.69) is 27.8 Å². The number of halogens is 1. The lowest BCUT2D eigenvalue weighted by Gasteiger charge is -2.15. The zero-order chi connectivity index (χ0) is 17.4. The van der Waals surface area contributed by atoms with Crippen molar-refractivity contribution in [3.63, 3.8) is 0 Å². The molecule has 4 heteroatoms. The molecule has 2 aromatic carbocycles. The predicted molar refractivity (Wildman–Crippen MR) is 102 cm³/mol. The van der Waals surface area contributed by atoms with E-state index in [-0.39, 0.29) is 5.43 Å². The first-order chi connectivity index (χ1) is 11.4. The minimum Gasteiger partial charge on any atom is -0.457 e. The quantitative estimate of drug-likeness (QED) is 0.639. The summed E-state index contributed by atoms with van der Waals surface area (Å²) in [5.74, 6) is 1.50. The Morgan fingerprint density at radius 2 is 1.75 bits per heavy atom. The van der Waals surface area contributed by atoms with Gasteiger partial charge in [0.25, 0.3) is 0 Å². The van der Waals surface area contributed by atoms with Crippen molar-refractivity contribution in [3.8, 4) is 11.5 Å². The summed E-state index contributed by atoms with van der Waals surface area (Å²) in [5, 5.41) is 0.711. The summed E-state index contributed by atoms with van der Waals surface area (Å²) in [5.41, 5.74) is 4.61. The Morgan fingerprint density at radius 1 is 1.08 bits per heavy atom. The number of aromatic nitrogens is 1. The third-order valence-electron chi connectivity index (χ3n) is 4.40. The van der Waals surface area contributed by atoms with E-state index in [0.717, 1.165) is 50.3 Å². The number of aromatic amines is 1. The summed E-state index contributed by atoms with van der Waals surface area (Å²) in [4.78, 5) is 16.2. The largest absolute Gasteiger partial charge is 0.457 e. The van der Waals surface area contributed by atoms with Gasteiger partial charge in [-0.2, -0.15) is 0 Å². The number of rotatable bonds is 3. The monoisotopic (exact) mass is 385 g/mol. The average Bonchev–Trinajstić information content (AvgIpc) is 2.56. The van der Waals surface area contributed by atoms with Crippen LogP contribution < -0.4 is 10.2 Å². The number of hydrogen-bond acceptors (Lipinski definition) is 2. The van der Waals surface area contributed by atoms with Crippen molar-refractivity contribution in [1.82, 2.24) is 4.98 Å². The molecule has 3 nitrogen and oxygen atoms in total. The molecule has 1 heterocycles. The highest BCUT2D eigenvalue weighted by molar-refractivity contribution is 9.10. The molecule has 24 heavy (non-hydrogen) atoms. The minimum absolute atomic E-state index is 0.0822. The second kappa shape index (κ2) is 6.44. The lowest BCUT2D eigenvalue weighted by Crippen LogP contribution is -2.13. The van der Waals surface area contributed by atoms with E-state index < -0.39 is 0 Å². The summed E-state index contributed by atoms with van der Waals surface area (Å²) in [7, 11) is 0. The number of ether oxygens (including phenoxy) is 1. The van der Waals surface area contributed by atoms with Crippen LogP contribution in [-0.4, -0.2) is 4.98 Å². The first-order valence-electron chi connectivity index (χ1n) is 8.01. The highest BCUT2D eigenvalue weighted by Crippen LogP contribution is 2.33. The first kappa shape index (κ1) is 16.8. The maximum Gasteiger partial charge on any atom is 0.192 e. The highest BCUT2D eigenvalue weighted by atomic mass is 79.9. The predicted octanol–water partition coefficient (Wildman–Crippen LogP) is 5.57. The molecule has 0 aliphatic heterocycles. The minimum atomic E-state index is 0.0822. The van der Waals surface area contributed by atoms with Crippen molar-refractivity contribution < 1.29 is 4.74 Å². The Morgan fingerprint density at radius 3 is 2.38 bits per heavy atom. The summed E-state index contributed by atoms with van der Waals surface area (Å²) >= 11 is 3.42. The number of fused-ring (bicyclic) bond motifs is 1. The fourth-order valence-electron chi connectivity index (χ4n) is 3.07. The van der Waals surface area contributed by atoms with Crippen LogP contribution in [0.2, 0.25) is 0 Å². The second-order valence-corrected chi connectivity index (χ2v) is 6.95. The Balaban J connectivity index is 2.21. The fourth-order valence-corrected chi connectivity index (χ4v) is 3.33. The van der Waals surface area contributed by atoms with Gasteiger partial charge in [0, 0.05) is 21.3 Å². The Bertz CT molecular complexity index is 972. The Labute approximate surface area is 149 Å². The third-order valence-corrected chi connectivity index (χ3v) is 4.93. The van der Waals surface area contributed by atoms with E-state index in [1.807, 2.05) is 51.1 Å². The second-order valence-electron chi connectivity index (χ2n) is 6.04. The third kappa shape index (κ3) is 2.86. The molecule has 1 aromatic heterocycles. The van der Waals surface area contributed by atoms with E-state index in [0.29, 0.717) is 5.39 Å². The highest BCUT2D eigenvalue weighted by Gasteiger charge is 2.15. The molecule has 0 spiro atoms. The molecule has 0 saturated heterocycles. The van der Waals surface area contributed by atoms with E-state index in [9.17, 15) is 4.79 Å². The van der Waals surface area contributed by atoms with Gasteiger partial charge in [-0.25, -0.2) is 0 Å². The molecule has 0 saturated carbocycles. The molecule has 1 N–H and O–H groups in total. The van der Waals surface area contributed by atoms with Crippen LogP contribution in [0.3, 0.4) is 0 Å². The number of benzene rings is 2. The van der Waals surface area contributed by atoms with E-state index >= 15 is 0 Å². The van der Waals surface area contributed by atoms with Gasteiger partial charge in [0.2, 0.25) is 0 Å². The molecule has 0 atom stereocenters. The van der Waals surface area contributed by atoms with Gasteiger partial charge in [-0.05, 0) is 63.1 Å². The molecular weight excluding hydrogens is 366 g/mol. The van der Waals surface area contributed by atoms with Crippen LogP contribution in [-0.2, 0) is 6.42 Å². The smallest absolute Gasteiger partial charge is 0.192 e. The van der Waals surface area contributed by atoms with Gasteiger partial charge in [-0.1, -0.05) is 22.9 Å². The van der Waals surface area contributed by atoms with Crippen LogP contribution in [0.15, 0.2) is 39.6 Å². The molecule has 3 rings (SSSR count).